The predicted molar refractivity (Wildman–Crippen MR) is 126 cm³/mol. The lowest BCUT2D eigenvalue weighted by atomic mass is 9.58. The SMILES string of the molecule is CC1C2CCC(CC2)C1Cc1cc(-c2ccn(C)c2)nc(-c2[nH]nc3ncc(Cl)cc23)n1. The second-order valence-corrected chi connectivity index (χ2v) is 10.1. The van der Waals surface area contributed by atoms with Crippen LogP contribution in [0.5, 0.6) is 0 Å². The van der Waals surface area contributed by atoms with Crippen molar-refractivity contribution in [2.75, 3.05) is 0 Å². The molecule has 4 aromatic rings. The molecule has 1 N–H and O–H groups in total. The Morgan fingerprint density at radius 2 is 1.94 bits per heavy atom. The number of rotatable bonds is 4. The fourth-order valence-corrected chi connectivity index (χ4v) is 6.19. The number of nitrogens with one attached hydrogen (secondary N) is 1. The predicted octanol–water partition coefficient (Wildman–Crippen LogP) is 5.69. The van der Waals surface area contributed by atoms with Gasteiger partial charge in [-0.25, -0.2) is 15.0 Å². The Labute approximate surface area is 192 Å². The smallest absolute Gasteiger partial charge is 0.181 e. The van der Waals surface area contributed by atoms with Crippen LogP contribution in [0.3, 0.4) is 0 Å². The number of aromatic nitrogens is 6. The molecule has 0 saturated heterocycles. The highest BCUT2D eigenvalue weighted by molar-refractivity contribution is 6.31. The topological polar surface area (TPSA) is 72.3 Å². The summed E-state index contributed by atoms with van der Waals surface area (Å²) in [5, 5.41) is 8.88. The fourth-order valence-electron chi connectivity index (χ4n) is 6.03. The number of aryl methyl sites for hydroxylation is 1. The van der Waals surface area contributed by atoms with Crippen LogP contribution in [0.1, 0.15) is 38.3 Å². The van der Waals surface area contributed by atoms with Crippen molar-refractivity contribution in [3.8, 4) is 22.8 Å². The summed E-state index contributed by atoms with van der Waals surface area (Å²) in [7, 11) is 2.03. The molecule has 164 valence electrons. The minimum atomic E-state index is 0.576. The molecular formula is C25H27ClN6. The van der Waals surface area contributed by atoms with Crippen LogP contribution in [0.15, 0.2) is 36.8 Å². The quantitative estimate of drug-likeness (QED) is 0.437. The lowest BCUT2D eigenvalue weighted by Crippen LogP contribution is -2.39. The van der Waals surface area contributed by atoms with Gasteiger partial charge in [0.2, 0.25) is 0 Å². The van der Waals surface area contributed by atoms with E-state index in [9.17, 15) is 0 Å². The van der Waals surface area contributed by atoms with E-state index in [1.165, 1.54) is 25.7 Å². The van der Waals surface area contributed by atoms with Gasteiger partial charge in [-0.05, 0) is 74.0 Å². The van der Waals surface area contributed by atoms with Gasteiger partial charge >= 0.3 is 0 Å². The van der Waals surface area contributed by atoms with Crippen molar-refractivity contribution in [3.05, 3.63) is 47.5 Å². The zero-order valence-corrected chi connectivity index (χ0v) is 19.2. The molecular weight excluding hydrogens is 420 g/mol. The summed E-state index contributed by atoms with van der Waals surface area (Å²) in [5.41, 5.74) is 4.54. The highest BCUT2D eigenvalue weighted by Crippen LogP contribution is 2.49. The number of pyridine rings is 1. The van der Waals surface area contributed by atoms with Crippen LogP contribution in [-0.2, 0) is 13.5 Å². The number of aromatic amines is 1. The normalized spacial score (nSPS) is 25.0. The molecule has 2 bridgehead atoms. The van der Waals surface area contributed by atoms with E-state index in [1.54, 1.807) is 6.20 Å². The van der Waals surface area contributed by atoms with Gasteiger partial charge in [-0.3, -0.25) is 5.10 Å². The number of nitrogens with zero attached hydrogens (tertiary/aromatic N) is 5. The molecule has 0 aliphatic heterocycles. The van der Waals surface area contributed by atoms with Gasteiger partial charge in [0.1, 0.15) is 5.69 Å². The first-order chi connectivity index (χ1) is 15.5. The molecule has 7 rings (SSSR count). The fraction of sp³-hybridized carbons (Fsp3) is 0.440. The third-order valence-electron chi connectivity index (χ3n) is 7.79. The van der Waals surface area contributed by atoms with Crippen LogP contribution >= 0.6 is 11.6 Å². The molecule has 6 nitrogen and oxygen atoms in total. The molecule has 7 heteroatoms. The molecule has 0 amide bonds. The van der Waals surface area contributed by atoms with Gasteiger partial charge in [-0.2, -0.15) is 5.10 Å². The van der Waals surface area contributed by atoms with Crippen LogP contribution in [-0.4, -0.2) is 29.7 Å². The Kier molecular flexibility index (Phi) is 4.79. The molecule has 3 fully saturated rings. The summed E-state index contributed by atoms with van der Waals surface area (Å²) in [5.74, 6) is 3.82. The molecule has 0 aromatic carbocycles. The summed E-state index contributed by atoms with van der Waals surface area (Å²) in [6.45, 7) is 2.46. The van der Waals surface area contributed by atoms with E-state index in [0.717, 1.165) is 52.2 Å². The first-order valence-corrected chi connectivity index (χ1v) is 11.9. The van der Waals surface area contributed by atoms with Crippen molar-refractivity contribution in [1.82, 2.24) is 29.7 Å². The van der Waals surface area contributed by atoms with Crippen molar-refractivity contribution >= 4 is 22.6 Å². The van der Waals surface area contributed by atoms with Crippen LogP contribution in [0, 0.1) is 23.7 Å². The van der Waals surface area contributed by atoms with Crippen LogP contribution in [0.25, 0.3) is 33.8 Å². The Morgan fingerprint density at radius 1 is 1.12 bits per heavy atom. The van der Waals surface area contributed by atoms with Gasteiger partial charge in [0, 0.05) is 36.9 Å². The minimum absolute atomic E-state index is 0.576. The zero-order chi connectivity index (χ0) is 21.8. The number of hydrogen-bond acceptors (Lipinski definition) is 4. The minimum Gasteiger partial charge on any atom is -0.357 e. The standard InChI is InChI=1S/C25H27ClN6/c1-14-15-3-5-16(6-4-15)20(14)10-19-11-22(17-7-8-32(2)13-17)29-25(28-19)23-21-9-18(26)12-27-24(21)31-30-23/h7-9,11-16,20H,3-6,10H2,1-2H3,(H,27,30,31). The number of hydrogen-bond donors (Lipinski definition) is 1. The maximum Gasteiger partial charge on any atom is 0.181 e. The zero-order valence-electron chi connectivity index (χ0n) is 18.4. The molecule has 2 atom stereocenters. The monoisotopic (exact) mass is 446 g/mol. The van der Waals surface area contributed by atoms with Crippen molar-refractivity contribution in [2.45, 2.75) is 39.0 Å². The Hall–Kier alpha value is -2.73. The van der Waals surface area contributed by atoms with E-state index >= 15 is 0 Å². The van der Waals surface area contributed by atoms with Gasteiger partial charge in [-0.15, -0.1) is 0 Å². The number of fused-ring (bicyclic) bond motifs is 4. The summed E-state index contributed by atoms with van der Waals surface area (Å²) in [6.07, 6.45) is 12.3. The summed E-state index contributed by atoms with van der Waals surface area (Å²) >= 11 is 6.23. The van der Waals surface area contributed by atoms with Crippen LogP contribution in [0.4, 0.5) is 0 Å². The molecule has 3 aliphatic carbocycles. The lowest BCUT2D eigenvalue weighted by Gasteiger charge is -2.47. The van der Waals surface area contributed by atoms with E-state index in [-0.39, 0.29) is 0 Å². The Bertz CT molecular complexity index is 1280. The van der Waals surface area contributed by atoms with Crippen molar-refractivity contribution < 1.29 is 0 Å². The second kappa shape index (κ2) is 7.69. The number of halogens is 1. The molecule has 2 unspecified atom stereocenters. The van der Waals surface area contributed by atoms with Crippen molar-refractivity contribution in [2.24, 2.45) is 30.7 Å². The van der Waals surface area contributed by atoms with Crippen molar-refractivity contribution in [3.63, 3.8) is 0 Å². The largest absolute Gasteiger partial charge is 0.357 e. The van der Waals surface area contributed by atoms with Gasteiger partial charge in [0.05, 0.1) is 16.1 Å². The highest BCUT2D eigenvalue weighted by atomic mass is 35.5. The third kappa shape index (κ3) is 3.41. The van der Waals surface area contributed by atoms with Crippen LogP contribution in [0.2, 0.25) is 5.02 Å². The first kappa shape index (κ1) is 19.9. The first-order valence-electron chi connectivity index (χ1n) is 11.6. The summed E-state index contributed by atoms with van der Waals surface area (Å²) in [6, 6.07) is 6.16. The van der Waals surface area contributed by atoms with Gasteiger partial charge < -0.3 is 4.57 Å². The molecule has 0 radical (unpaired) electrons. The summed E-state index contributed by atoms with van der Waals surface area (Å²) < 4.78 is 2.05. The third-order valence-corrected chi connectivity index (χ3v) is 8.00. The van der Waals surface area contributed by atoms with E-state index in [0.29, 0.717) is 22.4 Å². The van der Waals surface area contributed by atoms with E-state index < -0.39 is 0 Å². The molecule has 4 heterocycles. The second-order valence-electron chi connectivity index (χ2n) is 9.66. The maximum absolute atomic E-state index is 6.23. The summed E-state index contributed by atoms with van der Waals surface area (Å²) in [4.78, 5) is 14.3. The lowest BCUT2D eigenvalue weighted by molar-refractivity contribution is 0.0339. The van der Waals surface area contributed by atoms with Crippen LogP contribution < -0.4 is 0 Å². The average Bonchev–Trinajstić information content (AvgIpc) is 3.42. The van der Waals surface area contributed by atoms with E-state index in [4.69, 9.17) is 21.6 Å². The molecule has 32 heavy (non-hydrogen) atoms. The Balaban J connectivity index is 1.45. The number of H-pyrrole nitrogens is 1. The maximum atomic E-state index is 6.23. The van der Waals surface area contributed by atoms with E-state index in [1.807, 2.05) is 23.9 Å². The molecule has 3 aliphatic rings. The molecule has 4 aromatic heterocycles. The van der Waals surface area contributed by atoms with Gasteiger partial charge in [0.25, 0.3) is 0 Å². The van der Waals surface area contributed by atoms with Gasteiger partial charge in [0.15, 0.2) is 11.5 Å². The van der Waals surface area contributed by atoms with E-state index in [2.05, 4.69) is 40.4 Å². The Morgan fingerprint density at radius 3 is 2.69 bits per heavy atom. The molecule has 0 spiro atoms. The molecule has 3 saturated carbocycles. The highest BCUT2D eigenvalue weighted by Gasteiger charge is 2.41. The average molecular weight is 447 g/mol. The van der Waals surface area contributed by atoms with Gasteiger partial charge in [-0.1, -0.05) is 18.5 Å². The van der Waals surface area contributed by atoms with Crippen molar-refractivity contribution in [1.29, 1.82) is 0 Å².